The maximum Gasteiger partial charge on any atom is 0.220 e. The first-order chi connectivity index (χ1) is 9.65. The van der Waals surface area contributed by atoms with Crippen LogP contribution in [0.2, 0.25) is 0 Å². The number of aryl methyl sites for hydroxylation is 1. The van der Waals surface area contributed by atoms with Crippen molar-refractivity contribution in [2.45, 2.75) is 6.92 Å². The highest BCUT2D eigenvalue weighted by atomic mass is 16.3. The summed E-state index contributed by atoms with van der Waals surface area (Å²) < 4.78 is 0. The first kappa shape index (κ1) is 12.3. The third kappa shape index (κ3) is 2.12. The summed E-state index contributed by atoms with van der Waals surface area (Å²) in [6, 6.07) is 10.3. The summed E-state index contributed by atoms with van der Waals surface area (Å²) in [6.45, 7) is 1.87. The van der Waals surface area contributed by atoms with E-state index in [4.69, 9.17) is 0 Å². The van der Waals surface area contributed by atoms with E-state index >= 15 is 0 Å². The molecule has 0 radical (unpaired) electrons. The van der Waals surface area contributed by atoms with Gasteiger partial charge in [-0.05, 0) is 31.2 Å². The Morgan fingerprint density at radius 2 is 1.95 bits per heavy atom. The molecule has 0 fully saturated rings. The number of rotatable bonds is 1. The van der Waals surface area contributed by atoms with Gasteiger partial charge >= 0.3 is 0 Å². The van der Waals surface area contributed by atoms with Crippen molar-refractivity contribution in [3.63, 3.8) is 0 Å². The smallest absolute Gasteiger partial charge is 0.220 e. The van der Waals surface area contributed by atoms with Gasteiger partial charge in [-0.1, -0.05) is 17.7 Å². The van der Waals surface area contributed by atoms with Crippen LogP contribution in [0.3, 0.4) is 0 Å². The molecule has 0 aliphatic rings. The van der Waals surface area contributed by atoms with Crippen LogP contribution in [0.25, 0.3) is 22.2 Å². The van der Waals surface area contributed by atoms with Crippen LogP contribution < -0.4 is 5.43 Å². The maximum atomic E-state index is 11.7. The molecule has 1 N–H and O–H groups in total. The van der Waals surface area contributed by atoms with E-state index in [1.807, 2.05) is 19.1 Å². The molecule has 4 nitrogen and oxygen atoms in total. The molecule has 0 atom stereocenters. The average molecular weight is 264 g/mol. The van der Waals surface area contributed by atoms with Crippen molar-refractivity contribution in [3.8, 4) is 17.0 Å². The quantitative estimate of drug-likeness (QED) is 0.734. The summed E-state index contributed by atoms with van der Waals surface area (Å²) in [6.07, 6.45) is 3.35. The van der Waals surface area contributed by atoms with E-state index in [1.54, 1.807) is 30.6 Å². The topological polar surface area (TPSA) is 63.1 Å². The molecule has 2 aromatic heterocycles. The summed E-state index contributed by atoms with van der Waals surface area (Å²) in [4.78, 5) is 20.2. The van der Waals surface area contributed by atoms with E-state index in [0.29, 0.717) is 11.3 Å². The SMILES string of the molecule is Cc1ccc(=O)c(O)c(-c2ccc3ccncc3n2)c1. The summed E-state index contributed by atoms with van der Waals surface area (Å²) >= 11 is 0. The Kier molecular flexibility index (Phi) is 2.91. The monoisotopic (exact) mass is 264 g/mol. The van der Waals surface area contributed by atoms with Crippen molar-refractivity contribution in [2.24, 2.45) is 0 Å². The van der Waals surface area contributed by atoms with Crippen LogP contribution in [-0.4, -0.2) is 15.1 Å². The van der Waals surface area contributed by atoms with Gasteiger partial charge in [0.15, 0.2) is 5.75 Å². The summed E-state index contributed by atoms with van der Waals surface area (Å²) in [7, 11) is 0. The van der Waals surface area contributed by atoms with Crippen LogP contribution in [-0.2, 0) is 0 Å². The molecule has 1 aromatic carbocycles. The lowest BCUT2D eigenvalue weighted by Gasteiger charge is -2.03. The van der Waals surface area contributed by atoms with E-state index in [9.17, 15) is 9.90 Å². The van der Waals surface area contributed by atoms with Gasteiger partial charge in [0.1, 0.15) is 0 Å². The van der Waals surface area contributed by atoms with E-state index in [-0.39, 0.29) is 5.75 Å². The second kappa shape index (κ2) is 4.74. The first-order valence-corrected chi connectivity index (χ1v) is 6.20. The Balaban J connectivity index is 2.31. The van der Waals surface area contributed by atoms with Gasteiger partial charge in [0, 0.05) is 17.1 Å². The lowest BCUT2D eigenvalue weighted by molar-refractivity contribution is 0.473. The molecule has 0 spiro atoms. The van der Waals surface area contributed by atoms with Gasteiger partial charge in [0.05, 0.1) is 17.4 Å². The minimum Gasteiger partial charge on any atom is -0.504 e. The van der Waals surface area contributed by atoms with E-state index in [0.717, 1.165) is 16.5 Å². The van der Waals surface area contributed by atoms with Crippen molar-refractivity contribution in [3.05, 3.63) is 64.6 Å². The first-order valence-electron chi connectivity index (χ1n) is 6.20. The summed E-state index contributed by atoms with van der Waals surface area (Å²) in [5.41, 5.74) is 2.18. The van der Waals surface area contributed by atoms with Gasteiger partial charge in [-0.15, -0.1) is 0 Å². The predicted molar refractivity (Wildman–Crippen MR) is 77.6 cm³/mol. The van der Waals surface area contributed by atoms with Gasteiger partial charge in [-0.3, -0.25) is 9.78 Å². The average Bonchev–Trinajstić information content (AvgIpc) is 2.60. The van der Waals surface area contributed by atoms with Gasteiger partial charge in [-0.2, -0.15) is 0 Å². The van der Waals surface area contributed by atoms with Crippen LogP contribution in [0, 0.1) is 6.92 Å². The molecule has 0 aliphatic heterocycles. The lowest BCUT2D eigenvalue weighted by atomic mass is 10.1. The molecule has 98 valence electrons. The second-order valence-electron chi connectivity index (χ2n) is 4.61. The Hall–Kier alpha value is -2.75. The fourth-order valence-corrected chi connectivity index (χ4v) is 2.08. The zero-order valence-electron chi connectivity index (χ0n) is 10.9. The fraction of sp³-hybridized carbons (Fsp3) is 0.0625. The van der Waals surface area contributed by atoms with Crippen molar-refractivity contribution in [1.82, 2.24) is 9.97 Å². The molecule has 0 bridgehead atoms. The molecule has 0 saturated carbocycles. The number of hydrogen-bond donors (Lipinski definition) is 1. The molecule has 3 rings (SSSR count). The Bertz CT molecular complexity index is 860. The van der Waals surface area contributed by atoms with Crippen LogP contribution >= 0.6 is 0 Å². The van der Waals surface area contributed by atoms with Crippen molar-refractivity contribution in [1.29, 1.82) is 0 Å². The molecule has 3 aromatic rings. The summed E-state index contributed by atoms with van der Waals surface area (Å²) in [5, 5.41) is 11.0. The van der Waals surface area contributed by atoms with Gasteiger partial charge in [0.2, 0.25) is 5.43 Å². The van der Waals surface area contributed by atoms with Crippen LogP contribution in [0.15, 0.2) is 53.6 Å². The second-order valence-corrected chi connectivity index (χ2v) is 4.61. The van der Waals surface area contributed by atoms with Crippen molar-refractivity contribution < 1.29 is 5.11 Å². The van der Waals surface area contributed by atoms with Gasteiger partial charge in [-0.25, -0.2) is 4.98 Å². The van der Waals surface area contributed by atoms with Crippen LogP contribution in [0.4, 0.5) is 0 Å². The van der Waals surface area contributed by atoms with Gasteiger partial charge in [0.25, 0.3) is 0 Å². The largest absolute Gasteiger partial charge is 0.504 e. The van der Waals surface area contributed by atoms with E-state index < -0.39 is 5.43 Å². The minimum absolute atomic E-state index is 0.283. The standard InChI is InChI=1S/C16H12N2O2/c1-10-2-5-15(19)16(20)12(8-10)13-4-3-11-6-7-17-9-14(11)18-13/h2-9H,1H3,(H,19,20). The zero-order valence-corrected chi connectivity index (χ0v) is 10.9. The maximum absolute atomic E-state index is 11.7. The Labute approximate surface area is 115 Å². The lowest BCUT2D eigenvalue weighted by Crippen LogP contribution is -1.95. The molecule has 0 unspecified atom stereocenters. The van der Waals surface area contributed by atoms with Crippen molar-refractivity contribution >= 4 is 10.9 Å². The number of nitrogens with zero attached hydrogens (tertiary/aromatic N) is 2. The minimum atomic E-state index is -0.416. The highest BCUT2D eigenvalue weighted by Gasteiger charge is 2.09. The molecule has 0 saturated heterocycles. The third-order valence-electron chi connectivity index (χ3n) is 3.13. The number of hydrogen-bond acceptors (Lipinski definition) is 4. The molecule has 0 amide bonds. The molecule has 20 heavy (non-hydrogen) atoms. The van der Waals surface area contributed by atoms with Crippen molar-refractivity contribution in [2.75, 3.05) is 0 Å². The highest BCUT2D eigenvalue weighted by Crippen LogP contribution is 2.26. The molecule has 4 heteroatoms. The number of pyridine rings is 2. The highest BCUT2D eigenvalue weighted by molar-refractivity contribution is 5.81. The van der Waals surface area contributed by atoms with Gasteiger partial charge < -0.3 is 5.11 Å². The van der Waals surface area contributed by atoms with Crippen LogP contribution in [0.5, 0.6) is 5.75 Å². The number of fused-ring (bicyclic) bond motifs is 1. The molecular weight excluding hydrogens is 252 g/mol. The van der Waals surface area contributed by atoms with Crippen LogP contribution in [0.1, 0.15) is 5.56 Å². The third-order valence-corrected chi connectivity index (χ3v) is 3.13. The summed E-state index contributed by atoms with van der Waals surface area (Å²) in [5.74, 6) is -0.283. The van der Waals surface area contributed by atoms with E-state index in [2.05, 4.69) is 9.97 Å². The fourth-order valence-electron chi connectivity index (χ4n) is 2.08. The molecule has 0 aliphatic carbocycles. The molecular formula is C16H12N2O2. The van der Waals surface area contributed by atoms with E-state index in [1.165, 1.54) is 6.07 Å². The zero-order chi connectivity index (χ0) is 14.1. The Morgan fingerprint density at radius 1 is 1.10 bits per heavy atom. The predicted octanol–water partition coefficient (Wildman–Crippen LogP) is 2.67. The molecule has 2 heterocycles. The Morgan fingerprint density at radius 3 is 2.80 bits per heavy atom. The normalized spacial score (nSPS) is 10.7. The number of aromatic nitrogens is 2. The number of aromatic hydroxyl groups is 1.